The van der Waals surface area contributed by atoms with E-state index in [0.717, 1.165) is 11.3 Å². The Morgan fingerprint density at radius 3 is 2.50 bits per heavy atom. The van der Waals surface area contributed by atoms with Gasteiger partial charge in [0.15, 0.2) is 0 Å². The molecule has 2 heterocycles. The summed E-state index contributed by atoms with van der Waals surface area (Å²) < 4.78 is 0. The van der Waals surface area contributed by atoms with Crippen molar-refractivity contribution in [2.45, 2.75) is 31.3 Å². The molecule has 0 saturated carbocycles. The largest absolute Gasteiger partial charge is 0.389 e. The molecule has 5 heteroatoms. The second kappa shape index (κ2) is 7.32. The maximum absolute atomic E-state index is 12.4. The summed E-state index contributed by atoms with van der Waals surface area (Å²) in [7, 11) is 0. The first-order valence-corrected chi connectivity index (χ1v) is 8.56. The Labute approximate surface area is 147 Å². The van der Waals surface area contributed by atoms with Crippen LogP contribution in [0, 0.1) is 0 Å². The van der Waals surface area contributed by atoms with Gasteiger partial charge in [0.2, 0.25) is 5.91 Å². The molecule has 1 saturated heterocycles. The van der Waals surface area contributed by atoms with Crippen LogP contribution in [0.4, 0.5) is 0 Å². The van der Waals surface area contributed by atoms with E-state index in [1.54, 1.807) is 18.3 Å². The summed E-state index contributed by atoms with van der Waals surface area (Å²) in [5.74, 6) is 0.0946. The van der Waals surface area contributed by atoms with Crippen LogP contribution in [-0.4, -0.2) is 39.6 Å². The van der Waals surface area contributed by atoms with Crippen molar-refractivity contribution in [1.82, 2.24) is 9.88 Å². The van der Waals surface area contributed by atoms with Crippen molar-refractivity contribution in [3.05, 3.63) is 64.9 Å². The summed E-state index contributed by atoms with van der Waals surface area (Å²) in [5.41, 5.74) is 1.07. The number of aromatic nitrogens is 1. The first-order chi connectivity index (χ1) is 11.5. The summed E-state index contributed by atoms with van der Waals surface area (Å²) in [6, 6.07) is 13.1. The van der Waals surface area contributed by atoms with Crippen molar-refractivity contribution in [1.29, 1.82) is 0 Å². The van der Waals surface area contributed by atoms with Crippen LogP contribution in [0.25, 0.3) is 0 Å². The Bertz CT molecular complexity index is 680. The number of rotatable bonds is 4. The monoisotopic (exact) mass is 344 g/mol. The van der Waals surface area contributed by atoms with E-state index in [0.29, 0.717) is 43.8 Å². The van der Waals surface area contributed by atoms with Crippen molar-refractivity contribution in [3.63, 3.8) is 0 Å². The lowest BCUT2D eigenvalue weighted by Crippen LogP contribution is -2.48. The minimum atomic E-state index is -0.772. The molecule has 0 aliphatic carbocycles. The number of pyridine rings is 1. The van der Waals surface area contributed by atoms with Crippen LogP contribution in [0.1, 0.15) is 24.1 Å². The number of aliphatic hydroxyl groups is 1. The molecule has 1 N–H and O–H groups in total. The van der Waals surface area contributed by atoms with Crippen molar-refractivity contribution < 1.29 is 9.90 Å². The first kappa shape index (κ1) is 16.9. The molecule has 3 rings (SSSR count). The topological polar surface area (TPSA) is 53.4 Å². The van der Waals surface area contributed by atoms with Gasteiger partial charge in [-0.1, -0.05) is 29.8 Å². The molecule has 1 fully saturated rings. The molecule has 1 aliphatic rings. The predicted octanol–water partition coefficient (Wildman–Crippen LogP) is 2.87. The maximum Gasteiger partial charge on any atom is 0.226 e. The summed E-state index contributed by atoms with van der Waals surface area (Å²) in [4.78, 5) is 18.5. The molecule has 1 aliphatic heterocycles. The third-order valence-electron chi connectivity index (χ3n) is 4.55. The smallest absolute Gasteiger partial charge is 0.226 e. The normalized spacial score (nSPS) is 16.8. The van der Waals surface area contributed by atoms with Gasteiger partial charge in [0.1, 0.15) is 0 Å². The van der Waals surface area contributed by atoms with E-state index in [1.807, 2.05) is 35.2 Å². The molecular formula is C19H21ClN2O2. The molecule has 24 heavy (non-hydrogen) atoms. The second-order valence-corrected chi connectivity index (χ2v) is 6.84. The van der Waals surface area contributed by atoms with Crippen LogP contribution in [0.15, 0.2) is 48.7 Å². The first-order valence-electron chi connectivity index (χ1n) is 8.19. The molecular weight excluding hydrogens is 324 g/mol. The minimum Gasteiger partial charge on any atom is -0.389 e. The van der Waals surface area contributed by atoms with E-state index >= 15 is 0 Å². The van der Waals surface area contributed by atoms with E-state index in [4.69, 9.17) is 11.6 Å². The Kier molecular flexibility index (Phi) is 5.17. The minimum absolute atomic E-state index is 0.0946. The van der Waals surface area contributed by atoms with E-state index < -0.39 is 5.60 Å². The number of amides is 1. The van der Waals surface area contributed by atoms with Crippen molar-refractivity contribution in [3.8, 4) is 0 Å². The second-order valence-electron chi connectivity index (χ2n) is 6.41. The number of likely N-dealkylation sites (tertiary alicyclic amines) is 1. The quantitative estimate of drug-likeness (QED) is 0.927. The van der Waals surface area contributed by atoms with Crippen LogP contribution in [0.2, 0.25) is 5.02 Å². The Balaban J connectivity index is 1.54. The summed E-state index contributed by atoms with van der Waals surface area (Å²) in [5, 5.41) is 11.4. The predicted molar refractivity (Wildman–Crippen MR) is 93.9 cm³/mol. The highest BCUT2D eigenvalue weighted by Crippen LogP contribution is 2.26. The molecule has 1 amide bonds. The van der Waals surface area contributed by atoms with Gasteiger partial charge in [0.05, 0.1) is 12.0 Å². The van der Waals surface area contributed by atoms with Gasteiger partial charge in [-0.2, -0.15) is 0 Å². The van der Waals surface area contributed by atoms with Gasteiger partial charge in [0.25, 0.3) is 0 Å². The fourth-order valence-corrected chi connectivity index (χ4v) is 3.20. The Morgan fingerprint density at radius 1 is 1.17 bits per heavy atom. The maximum atomic E-state index is 12.4. The average Bonchev–Trinajstić information content (AvgIpc) is 2.58. The van der Waals surface area contributed by atoms with Crippen LogP contribution < -0.4 is 0 Å². The molecule has 126 valence electrons. The molecule has 2 aromatic rings. The Morgan fingerprint density at radius 2 is 1.88 bits per heavy atom. The number of hydrogen-bond acceptors (Lipinski definition) is 3. The standard InChI is InChI=1S/C19H21ClN2O2/c20-16-6-4-15(5-7-16)13-18(23)22-11-8-19(24,9-12-22)14-17-3-1-2-10-21-17/h1-7,10,24H,8-9,11-14H2. The van der Waals surface area contributed by atoms with E-state index in [1.165, 1.54) is 0 Å². The number of halogens is 1. The number of piperidine rings is 1. The van der Waals surface area contributed by atoms with Crippen LogP contribution >= 0.6 is 11.6 Å². The molecule has 4 nitrogen and oxygen atoms in total. The van der Waals surface area contributed by atoms with Crippen molar-refractivity contribution >= 4 is 17.5 Å². The summed E-state index contributed by atoms with van der Waals surface area (Å²) >= 11 is 5.87. The summed E-state index contributed by atoms with van der Waals surface area (Å²) in [6.45, 7) is 1.16. The van der Waals surface area contributed by atoms with Crippen molar-refractivity contribution in [2.24, 2.45) is 0 Å². The number of nitrogens with zero attached hydrogens (tertiary/aromatic N) is 2. The van der Waals surface area contributed by atoms with Gasteiger partial charge in [-0.25, -0.2) is 0 Å². The van der Waals surface area contributed by atoms with Gasteiger partial charge < -0.3 is 10.0 Å². The third-order valence-corrected chi connectivity index (χ3v) is 4.80. The highest BCUT2D eigenvalue weighted by Gasteiger charge is 2.34. The zero-order chi connectivity index (χ0) is 17.0. The number of carbonyl (C=O) groups is 1. The van der Waals surface area contributed by atoms with Gasteiger partial charge in [-0.05, 0) is 42.7 Å². The zero-order valence-corrected chi connectivity index (χ0v) is 14.2. The van der Waals surface area contributed by atoms with Crippen LogP contribution in [-0.2, 0) is 17.6 Å². The molecule has 1 aromatic carbocycles. The fraction of sp³-hybridized carbons (Fsp3) is 0.368. The molecule has 1 aromatic heterocycles. The highest BCUT2D eigenvalue weighted by molar-refractivity contribution is 6.30. The van der Waals surface area contributed by atoms with Crippen molar-refractivity contribution in [2.75, 3.05) is 13.1 Å². The molecule has 0 atom stereocenters. The fourth-order valence-electron chi connectivity index (χ4n) is 3.08. The summed E-state index contributed by atoms with van der Waals surface area (Å²) in [6.07, 6.45) is 3.80. The zero-order valence-electron chi connectivity index (χ0n) is 13.5. The van der Waals surface area contributed by atoms with E-state index in [-0.39, 0.29) is 5.91 Å². The molecule has 0 bridgehead atoms. The third kappa shape index (κ3) is 4.34. The lowest BCUT2D eigenvalue weighted by molar-refractivity contribution is -0.134. The van der Waals surface area contributed by atoms with Crippen LogP contribution in [0.3, 0.4) is 0 Å². The SMILES string of the molecule is O=C(Cc1ccc(Cl)cc1)N1CCC(O)(Cc2ccccn2)CC1. The number of benzene rings is 1. The Hall–Kier alpha value is -1.91. The lowest BCUT2D eigenvalue weighted by atomic mass is 9.86. The average molecular weight is 345 g/mol. The van der Waals surface area contributed by atoms with Gasteiger partial charge >= 0.3 is 0 Å². The number of carbonyl (C=O) groups excluding carboxylic acids is 1. The van der Waals surface area contributed by atoms with Gasteiger partial charge in [-0.3, -0.25) is 9.78 Å². The number of hydrogen-bond donors (Lipinski definition) is 1. The lowest BCUT2D eigenvalue weighted by Gasteiger charge is -2.38. The van der Waals surface area contributed by atoms with Gasteiger partial charge in [-0.15, -0.1) is 0 Å². The van der Waals surface area contributed by atoms with Gasteiger partial charge in [0, 0.05) is 36.4 Å². The van der Waals surface area contributed by atoms with Crippen LogP contribution in [0.5, 0.6) is 0 Å². The molecule has 0 unspecified atom stereocenters. The molecule has 0 radical (unpaired) electrons. The molecule has 0 spiro atoms. The van der Waals surface area contributed by atoms with E-state index in [9.17, 15) is 9.90 Å². The van der Waals surface area contributed by atoms with E-state index in [2.05, 4.69) is 4.98 Å². The highest BCUT2D eigenvalue weighted by atomic mass is 35.5.